The van der Waals surface area contributed by atoms with Gasteiger partial charge in [-0.2, -0.15) is 0 Å². The molecule has 7 heteroatoms. The molecule has 0 aliphatic carbocycles. The molecule has 0 saturated carbocycles. The molecule has 0 aromatic heterocycles. The maximum absolute atomic E-state index is 8.94. The van der Waals surface area contributed by atoms with Crippen molar-refractivity contribution in [2.45, 2.75) is 0 Å². The summed E-state index contributed by atoms with van der Waals surface area (Å²) in [7, 11) is 0. The standard InChI is InChI=1S/AsH3O4.Bi.O/c2-1(3,4)5;;/h(H3,2,3,4,5);;. The molecule has 0 heterocycles. The summed E-state index contributed by atoms with van der Waals surface area (Å²) < 4.78 is 39.0. The molecule has 0 amide bonds. The van der Waals surface area contributed by atoms with Crippen molar-refractivity contribution in [3.05, 3.63) is 0 Å². The van der Waals surface area contributed by atoms with E-state index in [1.807, 2.05) is 0 Å². The van der Waals surface area contributed by atoms with Crippen LogP contribution in [-0.2, 0) is 6.55 Å². The molecule has 0 aliphatic rings. The molecular formula is H3AsBiO5. The van der Waals surface area contributed by atoms with E-state index in [0.29, 0.717) is 0 Å². The van der Waals surface area contributed by atoms with Crippen LogP contribution >= 0.6 is 0 Å². The fourth-order valence-electron chi connectivity index (χ4n) is 0. The van der Waals surface area contributed by atoms with Gasteiger partial charge < -0.3 is 0 Å². The SMILES string of the molecule is O=[As](O)(O)O.[O]=[Bi]. The first kappa shape index (κ1) is 10.8. The molecule has 0 atom stereocenters. The molecular weight excluding hydrogens is 364 g/mol. The van der Waals surface area contributed by atoms with Crippen LogP contribution < -0.4 is 0 Å². The van der Waals surface area contributed by atoms with Crippen molar-refractivity contribution in [3.63, 3.8) is 0 Å². The first-order valence-corrected chi connectivity index (χ1v) is 5.67. The van der Waals surface area contributed by atoms with Crippen molar-refractivity contribution in [2.75, 3.05) is 0 Å². The third kappa shape index (κ3) is 197. The fourth-order valence-corrected chi connectivity index (χ4v) is 0. The maximum atomic E-state index is 8.94. The van der Waals surface area contributed by atoms with Crippen LogP contribution in [0.2, 0.25) is 0 Å². The summed E-state index contributed by atoms with van der Waals surface area (Å²) in [6, 6.07) is 0. The van der Waals surface area contributed by atoms with Gasteiger partial charge in [-0.3, -0.25) is 0 Å². The van der Waals surface area contributed by atoms with E-state index in [2.05, 4.69) is 0 Å². The van der Waals surface area contributed by atoms with E-state index in [-0.39, 0.29) is 24.7 Å². The number of hydrogen-bond acceptors (Lipinski definition) is 2. The Balaban J connectivity index is 0. The van der Waals surface area contributed by atoms with Crippen molar-refractivity contribution in [1.82, 2.24) is 0 Å². The predicted molar refractivity (Wildman–Crippen MR) is 19.5 cm³/mol. The van der Waals surface area contributed by atoms with Crippen LogP contribution in [0.5, 0.6) is 0 Å². The van der Waals surface area contributed by atoms with Crippen molar-refractivity contribution in [3.8, 4) is 0 Å². The predicted octanol–water partition coefficient (Wildman–Crippen LogP) is -2.67. The molecule has 0 spiro atoms. The Bertz CT molecular complexity index is 63.9. The van der Waals surface area contributed by atoms with Gasteiger partial charge in [0, 0.05) is 0 Å². The van der Waals surface area contributed by atoms with Gasteiger partial charge in [-0.25, -0.2) is 0 Å². The molecule has 0 aromatic carbocycles. The Morgan fingerprint density at radius 3 is 1.14 bits per heavy atom. The van der Waals surface area contributed by atoms with Gasteiger partial charge in [0.05, 0.1) is 0 Å². The molecule has 0 saturated heterocycles. The minimum atomic E-state index is -5.12. The van der Waals surface area contributed by atoms with Crippen LogP contribution in [0.3, 0.4) is 0 Å². The van der Waals surface area contributed by atoms with E-state index in [4.69, 9.17) is 18.8 Å². The van der Waals surface area contributed by atoms with Gasteiger partial charge in [-0.1, -0.05) is 0 Å². The molecule has 0 fully saturated rings. The molecule has 43 valence electrons. The summed E-state index contributed by atoms with van der Waals surface area (Å²) in [6.07, 6.45) is 0. The van der Waals surface area contributed by atoms with Gasteiger partial charge in [-0.05, 0) is 0 Å². The topological polar surface area (TPSA) is 94.8 Å². The Labute approximate surface area is 58.0 Å². The van der Waals surface area contributed by atoms with Crippen LogP contribution in [0.4, 0.5) is 0 Å². The van der Waals surface area contributed by atoms with E-state index in [9.17, 15) is 0 Å². The molecule has 5 nitrogen and oxygen atoms in total. The molecule has 7 heavy (non-hydrogen) atoms. The van der Waals surface area contributed by atoms with Gasteiger partial charge in [0.15, 0.2) is 0 Å². The van der Waals surface area contributed by atoms with Gasteiger partial charge in [0.1, 0.15) is 0 Å². The first-order chi connectivity index (χ1) is 3.00. The number of hydrogen-bond donors (Lipinski definition) is 3. The van der Waals surface area contributed by atoms with E-state index >= 15 is 0 Å². The Morgan fingerprint density at radius 1 is 1.14 bits per heavy atom. The monoisotopic (exact) mass is 367 g/mol. The van der Waals surface area contributed by atoms with Crippen molar-refractivity contribution in [2.24, 2.45) is 0 Å². The summed E-state index contributed by atoms with van der Waals surface area (Å²) in [6.45, 7) is 0. The Hall–Kier alpha value is 0.922. The zero-order valence-corrected chi connectivity index (χ0v) is 8.41. The third-order valence-electron chi connectivity index (χ3n) is 0. The van der Waals surface area contributed by atoms with Gasteiger partial charge in [0.25, 0.3) is 0 Å². The summed E-state index contributed by atoms with van der Waals surface area (Å²) in [5.41, 5.74) is 0. The fraction of sp³-hybridized carbons (Fsp3) is 0. The van der Waals surface area contributed by atoms with Gasteiger partial charge in [-0.15, -0.1) is 0 Å². The molecule has 1 radical (unpaired) electrons. The average Bonchev–Trinajstić information content (AvgIpc) is 1.36. The summed E-state index contributed by atoms with van der Waals surface area (Å²) in [5, 5.41) is 0. The van der Waals surface area contributed by atoms with Crippen molar-refractivity contribution < 1.29 is 18.8 Å². The Morgan fingerprint density at radius 2 is 1.14 bits per heavy atom. The van der Waals surface area contributed by atoms with Crippen LogP contribution in [-0.4, -0.2) is 51.5 Å². The number of rotatable bonds is 0. The van der Waals surface area contributed by atoms with Crippen LogP contribution in [0.1, 0.15) is 0 Å². The van der Waals surface area contributed by atoms with Gasteiger partial charge >= 0.3 is 58.1 Å². The summed E-state index contributed by atoms with van der Waals surface area (Å²) in [4.78, 5) is 0. The normalized spacial score (nSPS) is 9.00. The molecule has 0 unspecified atom stereocenters. The van der Waals surface area contributed by atoms with Crippen LogP contribution in [0.25, 0.3) is 0 Å². The first-order valence-electron chi connectivity index (χ1n) is 0.965. The van der Waals surface area contributed by atoms with E-state index in [0.717, 1.165) is 0 Å². The second kappa shape index (κ2) is 5.07. The van der Waals surface area contributed by atoms with E-state index in [1.54, 1.807) is 0 Å². The minimum absolute atomic E-state index is 0.194. The summed E-state index contributed by atoms with van der Waals surface area (Å²) in [5.74, 6) is 0. The molecule has 0 rings (SSSR count). The zero-order valence-electron chi connectivity index (χ0n) is 3.05. The Kier molecular flexibility index (Phi) is 7.83. The second-order valence-electron chi connectivity index (χ2n) is 0.513. The van der Waals surface area contributed by atoms with Crippen LogP contribution in [0, 0.1) is 0 Å². The van der Waals surface area contributed by atoms with Crippen molar-refractivity contribution >= 4 is 39.2 Å². The second-order valence-corrected chi connectivity index (χ2v) is 2.67. The van der Waals surface area contributed by atoms with Gasteiger partial charge in [0.2, 0.25) is 0 Å². The van der Waals surface area contributed by atoms with Crippen molar-refractivity contribution in [1.29, 1.82) is 0 Å². The quantitative estimate of drug-likeness (QED) is 0.406. The summed E-state index contributed by atoms with van der Waals surface area (Å²) >= 11 is -4.93. The molecule has 0 aliphatic heterocycles. The molecule has 0 bridgehead atoms. The van der Waals surface area contributed by atoms with E-state index < -0.39 is 14.5 Å². The van der Waals surface area contributed by atoms with E-state index in [1.165, 1.54) is 0 Å². The molecule has 0 aromatic rings. The zero-order chi connectivity index (χ0) is 6.50. The third-order valence-corrected chi connectivity index (χ3v) is 0. The molecule has 3 N–H and O–H groups in total. The average molecular weight is 367 g/mol. The van der Waals surface area contributed by atoms with Crippen LogP contribution in [0.15, 0.2) is 0 Å².